The zero-order valence-corrected chi connectivity index (χ0v) is 19.0. The summed E-state index contributed by atoms with van der Waals surface area (Å²) in [6.07, 6.45) is 4.15. The summed E-state index contributed by atoms with van der Waals surface area (Å²) < 4.78 is 1.94. The van der Waals surface area contributed by atoms with Crippen molar-refractivity contribution in [2.45, 2.75) is 43.4 Å². The van der Waals surface area contributed by atoms with Crippen LogP contribution in [-0.2, 0) is 11.3 Å². The quantitative estimate of drug-likeness (QED) is 0.497. The molecule has 4 rings (SSSR count). The van der Waals surface area contributed by atoms with E-state index in [2.05, 4.69) is 20.8 Å². The Kier molecular flexibility index (Phi) is 7.44. The molecular weight excluding hydrogens is 446 g/mol. The highest BCUT2D eigenvalue weighted by atomic mass is 35.5. The van der Waals surface area contributed by atoms with Crippen LogP contribution in [0.15, 0.2) is 59.8 Å². The van der Waals surface area contributed by atoms with Crippen LogP contribution in [0.2, 0.25) is 5.02 Å². The molecule has 1 saturated carbocycles. The third-order valence-electron chi connectivity index (χ3n) is 5.29. The fourth-order valence-corrected chi connectivity index (χ4v) is 4.69. The molecule has 32 heavy (non-hydrogen) atoms. The molecule has 3 aromatic rings. The van der Waals surface area contributed by atoms with Crippen molar-refractivity contribution in [3.8, 4) is 11.4 Å². The second kappa shape index (κ2) is 10.7. The van der Waals surface area contributed by atoms with Crippen LogP contribution in [-0.4, -0.2) is 38.5 Å². The van der Waals surface area contributed by atoms with Crippen molar-refractivity contribution in [2.24, 2.45) is 0 Å². The molecule has 0 radical (unpaired) electrons. The molecule has 0 atom stereocenters. The smallest absolute Gasteiger partial charge is 0.321 e. The minimum absolute atomic E-state index is 0.0491. The Morgan fingerprint density at radius 2 is 1.75 bits per heavy atom. The van der Waals surface area contributed by atoms with Crippen LogP contribution in [0, 0.1) is 0 Å². The van der Waals surface area contributed by atoms with Crippen molar-refractivity contribution in [1.29, 1.82) is 0 Å². The highest BCUT2D eigenvalue weighted by Crippen LogP contribution is 2.30. The first-order valence-corrected chi connectivity index (χ1v) is 11.9. The van der Waals surface area contributed by atoms with Crippen LogP contribution in [0.5, 0.6) is 0 Å². The molecule has 0 saturated heterocycles. The molecular formula is C23H24ClN5O2S. The normalized spacial score (nSPS) is 13.8. The van der Waals surface area contributed by atoms with Crippen molar-refractivity contribution in [2.75, 3.05) is 5.75 Å². The van der Waals surface area contributed by atoms with Crippen molar-refractivity contribution in [1.82, 2.24) is 25.4 Å². The lowest BCUT2D eigenvalue weighted by Crippen LogP contribution is -2.44. The van der Waals surface area contributed by atoms with Gasteiger partial charge in [0.2, 0.25) is 5.91 Å². The number of benzene rings is 2. The molecule has 3 amide bonds. The van der Waals surface area contributed by atoms with Gasteiger partial charge < -0.3 is 5.32 Å². The average molecular weight is 470 g/mol. The van der Waals surface area contributed by atoms with Gasteiger partial charge >= 0.3 is 6.03 Å². The van der Waals surface area contributed by atoms with Crippen LogP contribution in [0.3, 0.4) is 0 Å². The van der Waals surface area contributed by atoms with Crippen molar-refractivity contribution >= 4 is 35.3 Å². The first kappa shape index (κ1) is 22.4. The monoisotopic (exact) mass is 469 g/mol. The van der Waals surface area contributed by atoms with E-state index in [-0.39, 0.29) is 17.7 Å². The fraction of sp³-hybridized carbons (Fsp3) is 0.304. The van der Waals surface area contributed by atoms with Gasteiger partial charge in [0.15, 0.2) is 11.0 Å². The van der Waals surface area contributed by atoms with E-state index in [1.165, 1.54) is 11.8 Å². The third kappa shape index (κ3) is 5.69. The number of rotatable bonds is 7. The second-order valence-corrected chi connectivity index (χ2v) is 9.00. The number of imide groups is 1. The molecule has 1 aromatic heterocycles. The van der Waals surface area contributed by atoms with Gasteiger partial charge in [-0.15, -0.1) is 10.2 Å². The van der Waals surface area contributed by atoms with Gasteiger partial charge in [0.25, 0.3) is 0 Å². The zero-order chi connectivity index (χ0) is 22.3. The van der Waals surface area contributed by atoms with E-state index in [0.717, 1.165) is 36.8 Å². The van der Waals surface area contributed by atoms with Crippen molar-refractivity contribution in [3.05, 3.63) is 65.2 Å². The summed E-state index contributed by atoms with van der Waals surface area (Å²) in [5.41, 5.74) is 1.84. The third-order valence-corrected chi connectivity index (χ3v) is 6.59. The Bertz CT molecular complexity index is 1080. The van der Waals surface area contributed by atoms with E-state index < -0.39 is 6.03 Å². The predicted octanol–water partition coefficient (Wildman–Crippen LogP) is 4.51. The van der Waals surface area contributed by atoms with Gasteiger partial charge in [-0.3, -0.25) is 14.7 Å². The molecule has 7 nitrogen and oxygen atoms in total. The standard InChI is InChI=1S/C23H24ClN5O2S/c24-19-13-7-6-12-18(19)21-27-28-23(29(21)14-16-8-2-1-3-9-16)32-15-20(30)26-22(31)25-17-10-4-5-11-17/h1-3,6-9,12-13,17H,4-5,10-11,14-15H2,(H2,25,26,30,31). The molecule has 0 unspecified atom stereocenters. The van der Waals surface area contributed by atoms with E-state index in [4.69, 9.17) is 11.6 Å². The van der Waals surface area contributed by atoms with Crippen molar-refractivity contribution in [3.63, 3.8) is 0 Å². The van der Waals surface area contributed by atoms with Crippen LogP contribution in [0.1, 0.15) is 31.2 Å². The summed E-state index contributed by atoms with van der Waals surface area (Å²) in [5.74, 6) is 0.299. The summed E-state index contributed by atoms with van der Waals surface area (Å²) in [5, 5.41) is 15.1. The van der Waals surface area contributed by atoms with Crippen LogP contribution in [0.25, 0.3) is 11.4 Å². The van der Waals surface area contributed by atoms with E-state index in [1.54, 1.807) is 0 Å². The maximum absolute atomic E-state index is 12.3. The van der Waals surface area contributed by atoms with Crippen molar-refractivity contribution < 1.29 is 9.59 Å². The van der Waals surface area contributed by atoms with Crippen LogP contribution < -0.4 is 10.6 Å². The number of nitrogens with zero attached hydrogens (tertiary/aromatic N) is 3. The molecule has 1 heterocycles. The molecule has 9 heteroatoms. The predicted molar refractivity (Wildman–Crippen MR) is 126 cm³/mol. The fourth-order valence-electron chi connectivity index (χ4n) is 3.73. The molecule has 1 fully saturated rings. The minimum atomic E-state index is -0.440. The van der Waals surface area contributed by atoms with Gasteiger partial charge in [-0.2, -0.15) is 0 Å². The maximum Gasteiger partial charge on any atom is 0.321 e. The zero-order valence-electron chi connectivity index (χ0n) is 17.5. The lowest BCUT2D eigenvalue weighted by atomic mass is 10.2. The first-order chi connectivity index (χ1) is 15.6. The summed E-state index contributed by atoms with van der Waals surface area (Å²) in [4.78, 5) is 24.4. The number of hydrogen-bond acceptors (Lipinski definition) is 5. The number of halogens is 1. The molecule has 0 aliphatic heterocycles. The molecule has 0 bridgehead atoms. The van der Waals surface area contributed by atoms with Gasteiger partial charge in [-0.05, 0) is 30.5 Å². The molecule has 1 aliphatic rings. The van der Waals surface area contributed by atoms with Crippen LogP contribution >= 0.6 is 23.4 Å². The largest absolute Gasteiger partial charge is 0.335 e. The van der Waals surface area contributed by atoms with E-state index in [0.29, 0.717) is 22.5 Å². The Morgan fingerprint density at radius 3 is 2.50 bits per heavy atom. The van der Waals surface area contributed by atoms with E-state index in [1.807, 2.05) is 59.2 Å². The van der Waals surface area contributed by atoms with Gasteiger partial charge in [-0.1, -0.05) is 78.7 Å². The molecule has 2 aromatic carbocycles. The summed E-state index contributed by atoms with van der Waals surface area (Å²) in [7, 11) is 0. The van der Waals surface area contributed by atoms with E-state index in [9.17, 15) is 9.59 Å². The Morgan fingerprint density at radius 1 is 1.03 bits per heavy atom. The first-order valence-electron chi connectivity index (χ1n) is 10.6. The Balaban J connectivity index is 1.47. The lowest BCUT2D eigenvalue weighted by molar-refractivity contribution is -0.117. The van der Waals surface area contributed by atoms with E-state index >= 15 is 0 Å². The Hall–Kier alpha value is -2.84. The topological polar surface area (TPSA) is 88.9 Å². The lowest BCUT2D eigenvalue weighted by Gasteiger charge is -2.13. The second-order valence-electron chi connectivity index (χ2n) is 7.65. The average Bonchev–Trinajstić information content (AvgIpc) is 3.43. The molecule has 166 valence electrons. The number of thioether (sulfide) groups is 1. The number of urea groups is 1. The van der Waals surface area contributed by atoms with Gasteiger partial charge in [0.1, 0.15) is 0 Å². The number of carbonyl (C=O) groups is 2. The van der Waals surface area contributed by atoms with Gasteiger partial charge in [0.05, 0.1) is 17.3 Å². The highest BCUT2D eigenvalue weighted by Gasteiger charge is 2.20. The number of aromatic nitrogens is 3. The summed E-state index contributed by atoms with van der Waals surface area (Å²) in [6.45, 7) is 0.528. The number of carbonyl (C=O) groups excluding carboxylic acids is 2. The number of hydrogen-bond donors (Lipinski definition) is 2. The number of amides is 3. The number of nitrogens with one attached hydrogen (secondary N) is 2. The summed E-state index contributed by atoms with van der Waals surface area (Å²) in [6, 6.07) is 17.1. The van der Waals surface area contributed by atoms with Crippen LogP contribution in [0.4, 0.5) is 4.79 Å². The minimum Gasteiger partial charge on any atom is -0.335 e. The SMILES string of the molecule is O=C(CSc1nnc(-c2ccccc2Cl)n1Cc1ccccc1)NC(=O)NC1CCCC1. The Labute approximate surface area is 196 Å². The molecule has 1 aliphatic carbocycles. The highest BCUT2D eigenvalue weighted by molar-refractivity contribution is 7.99. The maximum atomic E-state index is 12.3. The molecule has 2 N–H and O–H groups in total. The molecule has 0 spiro atoms. The van der Waals surface area contributed by atoms with Gasteiger partial charge in [-0.25, -0.2) is 4.79 Å². The van der Waals surface area contributed by atoms with Gasteiger partial charge in [0, 0.05) is 11.6 Å². The summed E-state index contributed by atoms with van der Waals surface area (Å²) >= 11 is 7.64.